The Hall–Kier alpha value is -2.38. The van der Waals surface area contributed by atoms with Crippen molar-refractivity contribution < 1.29 is 9.18 Å². The number of guanidine groups is 1. The molecule has 1 aromatic heterocycles. The highest BCUT2D eigenvalue weighted by molar-refractivity contribution is 5.81. The Morgan fingerprint density at radius 1 is 1.41 bits per heavy atom. The molecule has 1 unspecified atom stereocenters. The standard InChI is InChI=1S/C19H31FN6O/c1-5-21-18(24-11-10-23-17(27)19(2,3)4)25-14-8-12-26(13-14)16-15(20)7-6-9-22-16/h6-7,9,14H,5,8,10-13H2,1-4H3,(H,23,27)(H2,21,24,25). The summed E-state index contributed by atoms with van der Waals surface area (Å²) in [5.74, 6) is 0.817. The highest BCUT2D eigenvalue weighted by Gasteiger charge is 2.26. The summed E-state index contributed by atoms with van der Waals surface area (Å²) < 4.78 is 13.9. The summed E-state index contributed by atoms with van der Waals surface area (Å²) >= 11 is 0. The predicted molar refractivity (Wildman–Crippen MR) is 106 cm³/mol. The minimum atomic E-state index is -0.402. The fourth-order valence-corrected chi connectivity index (χ4v) is 2.80. The molecule has 3 N–H and O–H groups in total. The van der Waals surface area contributed by atoms with Crippen molar-refractivity contribution in [2.75, 3.05) is 37.6 Å². The fraction of sp³-hybridized carbons (Fsp3) is 0.632. The van der Waals surface area contributed by atoms with Gasteiger partial charge in [-0.25, -0.2) is 9.37 Å². The number of amides is 1. The topological polar surface area (TPSA) is 81.6 Å². The molecule has 0 saturated carbocycles. The zero-order valence-electron chi connectivity index (χ0n) is 16.7. The highest BCUT2D eigenvalue weighted by Crippen LogP contribution is 2.20. The van der Waals surface area contributed by atoms with Crippen molar-refractivity contribution in [3.63, 3.8) is 0 Å². The summed E-state index contributed by atoms with van der Waals surface area (Å²) in [5.41, 5.74) is -0.402. The lowest BCUT2D eigenvalue weighted by molar-refractivity contribution is -0.128. The zero-order chi connectivity index (χ0) is 19.9. The second kappa shape index (κ2) is 9.53. The molecule has 2 rings (SSSR count). The third kappa shape index (κ3) is 6.37. The maximum absolute atomic E-state index is 13.9. The monoisotopic (exact) mass is 378 g/mol. The van der Waals surface area contributed by atoms with Crippen LogP contribution in [0.4, 0.5) is 10.2 Å². The molecular formula is C19H31FN6O. The van der Waals surface area contributed by atoms with Gasteiger partial charge < -0.3 is 20.9 Å². The molecule has 1 atom stereocenters. The highest BCUT2D eigenvalue weighted by atomic mass is 19.1. The number of anilines is 1. The molecule has 1 aromatic rings. The molecule has 0 radical (unpaired) electrons. The number of rotatable bonds is 6. The molecule has 7 nitrogen and oxygen atoms in total. The number of halogens is 1. The quantitative estimate of drug-likeness (QED) is 0.397. The van der Waals surface area contributed by atoms with Crippen molar-refractivity contribution in [3.05, 3.63) is 24.1 Å². The van der Waals surface area contributed by atoms with Crippen LogP contribution in [-0.2, 0) is 4.79 Å². The van der Waals surface area contributed by atoms with Gasteiger partial charge in [-0.2, -0.15) is 0 Å². The molecular weight excluding hydrogens is 347 g/mol. The molecule has 1 amide bonds. The molecule has 0 aromatic carbocycles. The minimum absolute atomic E-state index is 0.0134. The van der Waals surface area contributed by atoms with E-state index in [1.165, 1.54) is 6.07 Å². The van der Waals surface area contributed by atoms with Crippen LogP contribution in [0.3, 0.4) is 0 Å². The van der Waals surface area contributed by atoms with Crippen molar-refractivity contribution >= 4 is 17.7 Å². The van der Waals surface area contributed by atoms with E-state index in [2.05, 4.69) is 25.9 Å². The maximum atomic E-state index is 13.9. The van der Waals surface area contributed by atoms with Gasteiger partial charge >= 0.3 is 0 Å². The van der Waals surface area contributed by atoms with Crippen LogP contribution in [0.1, 0.15) is 34.1 Å². The molecule has 0 bridgehead atoms. The smallest absolute Gasteiger partial charge is 0.225 e. The Kier molecular flexibility index (Phi) is 7.38. The van der Waals surface area contributed by atoms with Crippen molar-refractivity contribution in [1.82, 2.24) is 20.9 Å². The van der Waals surface area contributed by atoms with Crippen LogP contribution >= 0.6 is 0 Å². The lowest BCUT2D eigenvalue weighted by atomic mass is 9.96. The number of aliphatic imine (C=N–C) groups is 1. The number of carbonyl (C=O) groups excluding carboxylic acids is 1. The molecule has 8 heteroatoms. The zero-order valence-corrected chi connectivity index (χ0v) is 16.7. The molecule has 0 spiro atoms. The summed E-state index contributed by atoms with van der Waals surface area (Å²) in [4.78, 5) is 22.5. The van der Waals surface area contributed by atoms with Crippen molar-refractivity contribution in [2.45, 2.75) is 40.2 Å². The number of pyridine rings is 1. The molecule has 1 fully saturated rings. The molecule has 1 saturated heterocycles. The van der Waals surface area contributed by atoms with E-state index in [0.717, 1.165) is 19.5 Å². The van der Waals surface area contributed by atoms with E-state index in [9.17, 15) is 9.18 Å². The lowest BCUT2D eigenvalue weighted by Crippen LogP contribution is -2.45. The molecule has 1 aliphatic heterocycles. The molecule has 0 aliphatic carbocycles. The van der Waals surface area contributed by atoms with Crippen LogP contribution in [-0.4, -0.2) is 55.6 Å². The summed E-state index contributed by atoms with van der Waals surface area (Å²) in [6.45, 7) is 10.8. The van der Waals surface area contributed by atoms with Crippen LogP contribution in [0.25, 0.3) is 0 Å². The molecule has 27 heavy (non-hydrogen) atoms. The second-order valence-corrected chi connectivity index (χ2v) is 7.65. The second-order valence-electron chi connectivity index (χ2n) is 7.65. The van der Waals surface area contributed by atoms with Gasteiger partial charge in [-0.05, 0) is 25.5 Å². The number of nitrogens with one attached hydrogen (secondary N) is 3. The Bertz CT molecular complexity index is 658. The predicted octanol–water partition coefficient (Wildman–Crippen LogP) is 1.52. The van der Waals surface area contributed by atoms with Gasteiger partial charge in [0.1, 0.15) is 0 Å². The first-order valence-corrected chi connectivity index (χ1v) is 9.50. The number of aromatic nitrogens is 1. The number of nitrogens with zero attached hydrogens (tertiary/aromatic N) is 3. The first-order valence-electron chi connectivity index (χ1n) is 9.50. The van der Waals surface area contributed by atoms with Gasteiger partial charge in [0.2, 0.25) is 5.91 Å². The van der Waals surface area contributed by atoms with Crippen LogP contribution in [0.5, 0.6) is 0 Å². The van der Waals surface area contributed by atoms with Crippen LogP contribution in [0, 0.1) is 11.2 Å². The number of hydrogen-bond donors (Lipinski definition) is 3. The van der Waals surface area contributed by atoms with Gasteiger partial charge in [0.05, 0.1) is 6.54 Å². The third-order valence-electron chi connectivity index (χ3n) is 4.26. The lowest BCUT2D eigenvalue weighted by Gasteiger charge is -2.20. The van der Waals surface area contributed by atoms with E-state index >= 15 is 0 Å². The van der Waals surface area contributed by atoms with Crippen LogP contribution in [0.15, 0.2) is 23.3 Å². The average molecular weight is 378 g/mol. The Morgan fingerprint density at radius 2 is 2.19 bits per heavy atom. The normalized spacial score (nSPS) is 17.7. The largest absolute Gasteiger partial charge is 0.357 e. The van der Waals surface area contributed by atoms with E-state index in [4.69, 9.17) is 0 Å². The van der Waals surface area contributed by atoms with E-state index in [-0.39, 0.29) is 17.8 Å². The van der Waals surface area contributed by atoms with Crippen molar-refractivity contribution in [2.24, 2.45) is 10.4 Å². The summed E-state index contributed by atoms with van der Waals surface area (Å²) in [6, 6.07) is 3.19. The summed E-state index contributed by atoms with van der Waals surface area (Å²) in [5, 5.41) is 9.49. The molecule has 1 aliphatic rings. The van der Waals surface area contributed by atoms with Gasteiger partial charge in [-0.15, -0.1) is 0 Å². The van der Waals surface area contributed by atoms with Crippen LogP contribution in [0.2, 0.25) is 0 Å². The van der Waals surface area contributed by atoms with E-state index < -0.39 is 5.41 Å². The first kappa shape index (κ1) is 20.9. The van der Waals surface area contributed by atoms with E-state index in [1.807, 2.05) is 32.6 Å². The Morgan fingerprint density at radius 3 is 2.85 bits per heavy atom. The van der Waals surface area contributed by atoms with Gasteiger partial charge in [-0.1, -0.05) is 20.8 Å². The Labute approximate surface area is 160 Å². The third-order valence-corrected chi connectivity index (χ3v) is 4.26. The van der Waals surface area contributed by atoms with Gasteiger partial charge in [-0.3, -0.25) is 9.79 Å². The van der Waals surface area contributed by atoms with Crippen molar-refractivity contribution in [3.8, 4) is 0 Å². The van der Waals surface area contributed by atoms with Gasteiger partial charge in [0.15, 0.2) is 17.6 Å². The first-order chi connectivity index (χ1) is 12.8. The summed E-state index contributed by atoms with van der Waals surface area (Å²) in [6.07, 6.45) is 2.48. The van der Waals surface area contributed by atoms with E-state index in [1.54, 1.807) is 12.3 Å². The van der Waals surface area contributed by atoms with Gasteiger partial charge in [0, 0.05) is 43.8 Å². The minimum Gasteiger partial charge on any atom is -0.357 e. The van der Waals surface area contributed by atoms with Crippen molar-refractivity contribution in [1.29, 1.82) is 0 Å². The SMILES string of the molecule is CCNC(=NCCNC(=O)C(C)(C)C)NC1CCN(c2ncccc2F)C1. The van der Waals surface area contributed by atoms with Gasteiger partial charge in [0.25, 0.3) is 0 Å². The molecule has 2 heterocycles. The fourth-order valence-electron chi connectivity index (χ4n) is 2.80. The average Bonchev–Trinajstić information content (AvgIpc) is 3.06. The van der Waals surface area contributed by atoms with E-state index in [0.29, 0.717) is 31.4 Å². The number of carbonyl (C=O) groups is 1. The van der Waals surface area contributed by atoms with Crippen LogP contribution < -0.4 is 20.9 Å². The molecule has 150 valence electrons. The number of hydrogen-bond acceptors (Lipinski definition) is 4. The Balaban J connectivity index is 1.85. The summed E-state index contributed by atoms with van der Waals surface area (Å²) in [7, 11) is 0. The maximum Gasteiger partial charge on any atom is 0.225 e.